The van der Waals surface area contributed by atoms with Gasteiger partial charge >= 0.3 is 0 Å². The predicted octanol–water partition coefficient (Wildman–Crippen LogP) is 3.07. The second-order valence-electron chi connectivity index (χ2n) is 7.02. The smallest absolute Gasteiger partial charge is 0.229 e. The van der Waals surface area contributed by atoms with Gasteiger partial charge in [-0.3, -0.25) is 9.59 Å². The van der Waals surface area contributed by atoms with Crippen LogP contribution in [-0.2, 0) is 9.59 Å². The molecule has 6 nitrogen and oxygen atoms in total. The Balaban J connectivity index is 1.45. The van der Waals surface area contributed by atoms with E-state index >= 15 is 0 Å². The Morgan fingerprint density at radius 3 is 2.59 bits per heavy atom. The molecule has 0 saturated carbocycles. The molecule has 4 rings (SSSR count). The van der Waals surface area contributed by atoms with Crippen LogP contribution in [0.2, 0.25) is 0 Å². The number of rotatable bonds is 3. The average molecular weight is 366 g/mol. The van der Waals surface area contributed by atoms with Gasteiger partial charge in [0.2, 0.25) is 11.8 Å². The van der Waals surface area contributed by atoms with Crippen LogP contribution < -0.4 is 19.7 Å². The van der Waals surface area contributed by atoms with Gasteiger partial charge in [0.25, 0.3) is 0 Å². The molecule has 140 valence electrons. The molecule has 0 aliphatic carbocycles. The first-order valence-corrected chi connectivity index (χ1v) is 9.09. The van der Waals surface area contributed by atoms with Gasteiger partial charge in [0.05, 0.1) is 5.92 Å². The molecule has 0 radical (unpaired) electrons. The number of hydrogen-bond acceptors (Lipinski definition) is 4. The zero-order chi connectivity index (χ0) is 19.0. The molecule has 1 saturated heterocycles. The van der Waals surface area contributed by atoms with Crippen LogP contribution in [-0.4, -0.2) is 31.6 Å². The number of hydrogen-bond donors (Lipinski definition) is 1. The first-order chi connectivity index (χ1) is 13.0. The van der Waals surface area contributed by atoms with Crippen molar-refractivity contribution in [2.45, 2.75) is 20.3 Å². The second-order valence-corrected chi connectivity index (χ2v) is 7.02. The predicted molar refractivity (Wildman–Crippen MR) is 102 cm³/mol. The first-order valence-electron chi connectivity index (χ1n) is 9.09. The van der Waals surface area contributed by atoms with E-state index in [0.29, 0.717) is 36.9 Å². The van der Waals surface area contributed by atoms with Crippen LogP contribution in [0.1, 0.15) is 17.5 Å². The van der Waals surface area contributed by atoms with Gasteiger partial charge in [-0.1, -0.05) is 6.07 Å². The van der Waals surface area contributed by atoms with Crippen LogP contribution in [0.5, 0.6) is 11.5 Å². The molecule has 2 heterocycles. The summed E-state index contributed by atoms with van der Waals surface area (Å²) >= 11 is 0. The van der Waals surface area contributed by atoms with Gasteiger partial charge in [0.15, 0.2) is 11.5 Å². The summed E-state index contributed by atoms with van der Waals surface area (Å²) in [7, 11) is 0. The minimum Gasteiger partial charge on any atom is -0.486 e. The minimum atomic E-state index is -0.382. The molecule has 2 aliphatic rings. The number of benzene rings is 2. The van der Waals surface area contributed by atoms with E-state index in [4.69, 9.17) is 9.47 Å². The molecule has 2 aromatic carbocycles. The fourth-order valence-electron chi connectivity index (χ4n) is 3.39. The largest absolute Gasteiger partial charge is 0.486 e. The van der Waals surface area contributed by atoms with Gasteiger partial charge < -0.3 is 19.7 Å². The number of nitrogens with zero attached hydrogens (tertiary/aromatic N) is 1. The fraction of sp³-hybridized carbons (Fsp3) is 0.333. The summed E-state index contributed by atoms with van der Waals surface area (Å²) in [5, 5.41) is 2.89. The van der Waals surface area contributed by atoms with Gasteiger partial charge in [0.1, 0.15) is 13.2 Å². The van der Waals surface area contributed by atoms with E-state index < -0.39 is 0 Å². The third-order valence-corrected chi connectivity index (χ3v) is 5.11. The molecular formula is C21H22N2O4. The van der Waals surface area contributed by atoms with Crippen molar-refractivity contribution in [1.82, 2.24) is 0 Å². The molecule has 6 heteroatoms. The van der Waals surface area contributed by atoms with E-state index in [1.807, 2.05) is 32.0 Å². The number of anilines is 2. The molecular weight excluding hydrogens is 344 g/mol. The zero-order valence-electron chi connectivity index (χ0n) is 15.5. The van der Waals surface area contributed by atoms with Gasteiger partial charge in [-0.2, -0.15) is 0 Å². The lowest BCUT2D eigenvalue weighted by atomic mass is 10.1. The van der Waals surface area contributed by atoms with E-state index in [0.717, 1.165) is 11.3 Å². The molecule has 27 heavy (non-hydrogen) atoms. The number of carbonyl (C=O) groups excluding carboxylic acids is 2. The number of amides is 2. The molecule has 0 aromatic heterocycles. The summed E-state index contributed by atoms with van der Waals surface area (Å²) in [6.45, 7) is 5.46. The zero-order valence-corrected chi connectivity index (χ0v) is 15.5. The highest BCUT2D eigenvalue weighted by molar-refractivity contribution is 6.03. The molecule has 0 unspecified atom stereocenters. The van der Waals surface area contributed by atoms with E-state index in [1.54, 1.807) is 23.1 Å². The standard InChI is InChI=1S/C21H22N2O4/c1-13-3-5-17(9-14(13)2)23-12-15(10-20(23)24)21(25)22-16-4-6-18-19(11-16)27-8-7-26-18/h3-6,9,11,15H,7-8,10,12H2,1-2H3,(H,22,25)/t15-/m0/s1. The van der Waals surface area contributed by atoms with E-state index in [2.05, 4.69) is 5.32 Å². The maximum absolute atomic E-state index is 12.7. The molecule has 2 aliphatic heterocycles. The maximum Gasteiger partial charge on any atom is 0.229 e. The van der Waals surface area contributed by atoms with Crippen LogP contribution in [0.15, 0.2) is 36.4 Å². The van der Waals surface area contributed by atoms with Crippen molar-refractivity contribution in [3.63, 3.8) is 0 Å². The summed E-state index contributed by atoms with van der Waals surface area (Å²) < 4.78 is 11.0. The molecule has 0 bridgehead atoms. The molecule has 0 spiro atoms. The Morgan fingerprint density at radius 2 is 1.81 bits per heavy atom. The van der Waals surface area contributed by atoms with Crippen molar-refractivity contribution < 1.29 is 19.1 Å². The SMILES string of the molecule is Cc1ccc(N2C[C@@H](C(=O)Nc3ccc4c(c3)OCCO4)CC2=O)cc1C. The monoisotopic (exact) mass is 366 g/mol. The topological polar surface area (TPSA) is 67.9 Å². The van der Waals surface area contributed by atoms with Crippen LogP contribution in [0.25, 0.3) is 0 Å². The lowest BCUT2D eigenvalue weighted by Crippen LogP contribution is -2.28. The number of aryl methyl sites for hydroxylation is 2. The molecule has 2 aromatic rings. The van der Waals surface area contributed by atoms with Crippen molar-refractivity contribution in [2.75, 3.05) is 30.0 Å². The normalized spacial score (nSPS) is 18.5. The van der Waals surface area contributed by atoms with E-state index in [-0.39, 0.29) is 24.2 Å². The Labute approximate surface area is 158 Å². The summed E-state index contributed by atoms with van der Waals surface area (Å²) in [5.41, 5.74) is 3.79. The van der Waals surface area contributed by atoms with Crippen molar-refractivity contribution in [2.24, 2.45) is 5.92 Å². The van der Waals surface area contributed by atoms with Crippen LogP contribution in [0, 0.1) is 19.8 Å². The lowest BCUT2D eigenvalue weighted by Gasteiger charge is -2.20. The molecule has 1 N–H and O–H groups in total. The number of ether oxygens (including phenoxy) is 2. The summed E-state index contributed by atoms with van der Waals surface area (Å²) in [5.74, 6) is 0.730. The summed E-state index contributed by atoms with van der Waals surface area (Å²) in [6, 6.07) is 11.2. The Hall–Kier alpha value is -3.02. The second kappa shape index (κ2) is 6.95. The van der Waals surface area contributed by atoms with Gasteiger partial charge in [-0.25, -0.2) is 0 Å². The third-order valence-electron chi connectivity index (χ3n) is 5.11. The lowest BCUT2D eigenvalue weighted by molar-refractivity contribution is -0.122. The van der Waals surface area contributed by atoms with Crippen LogP contribution in [0.4, 0.5) is 11.4 Å². The Kier molecular flexibility index (Phi) is 4.48. The van der Waals surface area contributed by atoms with E-state index in [1.165, 1.54) is 5.56 Å². The number of nitrogens with one attached hydrogen (secondary N) is 1. The molecule has 1 atom stereocenters. The summed E-state index contributed by atoms with van der Waals surface area (Å²) in [6.07, 6.45) is 0.212. The number of fused-ring (bicyclic) bond motifs is 1. The molecule has 2 amide bonds. The van der Waals surface area contributed by atoms with Crippen molar-refractivity contribution in [1.29, 1.82) is 0 Å². The Morgan fingerprint density at radius 1 is 1.04 bits per heavy atom. The fourth-order valence-corrected chi connectivity index (χ4v) is 3.39. The van der Waals surface area contributed by atoms with Crippen molar-refractivity contribution in [3.05, 3.63) is 47.5 Å². The Bertz CT molecular complexity index is 909. The highest BCUT2D eigenvalue weighted by Crippen LogP contribution is 2.33. The maximum atomic E-state index is 12.7. The average Bonchev–Trinajstić information content (AvgIpc) is 3.06. The quantitative estimate of drug-likeness (QED) is 0.907. The van der Waals surface area contributed by atoms with Crippen molar-refractivity contribution in [3.8, 4) is 11.5 Å². The first kappa shape index (κ1) is 17.4. The van der Waals surface area contributed by atoms with Gasteiger partial charge in [-0.05, 0) is 49.2 Å². The molecule has 1 fully saturated rings. The highest BCUT2D eigenvalue weighted by Gasteiger charge is 2.35. The number of carbonyl (C=O) groups is 2. The van der Waals surface area contributed by atoms with Crippen molar-refractivity contribution >= 4 is 23.2 Å². The third kappa shape index (κ3) is 3.47. The van der Waals surface area contributed by atoms with Crippen LogP contribution >= 0.6 is 0 Å². The van der Waals surface area contributed by atoms with Crippen LogP contribution in [0.3, 0.4) is 0 Å². The van der Waals surface area contributed by atoms with E-state index in [9.17, 15) is 9.59 Å². The minimum absolute atomic E-state index is 0.0272. The van der Waals surface area contributed by atoms with Gasteiger partial charge in [0, 0.05) is 30.4 Å². The summed E-state index contributed by atoms with van der Waals surface area (Å²) in [4.78, 5) is 26.8. The van der Waals surface area contributed by atoms with Gasteiger partial charge in [-0.15, -0.1) is 0 Å². The highest BCUT2D eigenvalue weighted by atomic mass is 16.6.